The Labute approximate surface area is 97.3 Å². The number of nitrogens with one attached hydrogen (secondary N) is 2. The van der Waals surface area contributed by atoms with E-state index in [9.17, 15) is 14.7 Å². The molecule has 0 spiro atoms. The van der Waals surface area contributed by atoms with Crippen LogP contribution in [0.5, 0.6) is 5.75 Å². The molecule has 1 aromatic carbocycles. The van der Waals surface area contributed by atoms with Crippen LogP contribution in [0.2, 0.25) is 0 Å². The predicted octanol–water partition coefficient (Wildman–Crippen LogP) is 0.515. The summed E-state index contributed by atoms with van der Waals surface area (Å²) in [6.07, 6.45) is -0.0109. The maximum atomic E-state index is 11.7. The molecule has 0 saturated heterocycles. The zero-order valence-electron chi connectivity index (χ0n) is 9.15. The van der Waals surface area contributed by atoms with Gasteiger partial charge in [0.2, 0.25) is 5.91 Å². The van der Waals surface area contributed by atoms with Gasteiger partial charge in [0.1, 0.15) is 11.5 Å². The minimum atomic E-state index is -0.419. The summed E-state index contributed by atoms with van der Waals surface area (Å²) in [5.41, 5.74) is 3.67. The van der Waals surface area contributed by atoms with E-state index in [4.69, 9.17) is 0 Å². The molecule has 1 aromatic rings. The molecule has 0 atom stereocenters. The molecule has 88 valence electrons. The Bertz CT molecular complexity index is 523. The highest BCUT2D eigenvalue weighted by molar-refractivity contribution is 6.46. The van der Waals surface area contributed by atoms with Crippen molar-refractivity contribution in [3.05, 3.63) is 23.8 Å². The number of carbonyl (C=O) groups excluding carboxylic acids is 2. The van der Waals surface area contributed by atoms with Gasteiger partial charge in [-0.15, -0.1) is 0 Å². The molecule has 6 nitrogen and oxygen atoms in total. The van der Waals surface area contributed by atoms with Crippen molar-refractivity contribution in [2.24, 2.45) is 5.10 Å². The summed E-state index contributed by atoms with van der Waals surface area (Å²) in [5, 5.41) is 15.5. The van der Waals surface area contributed by atoms with Gasteiger partial charge in [0.05, 0.1) is 6.42 Å². The number of rotatable bonds is 2. The van der Waals surface area contributed by atoms with Gasteiger partial charge in [-0.3, -0.25) is 9.59 Å². The zero-order chi connectivity index (χ0) is 12.4. The summed E-state index contributed by atoms with van der Waals surface area (Å²) in [7, 11) is 0. The van der Waals surface area contributed by atoms with Crippen molar-refractivity contribution < 1.29 is 14.7 Å². The maximum Gasteiger partial charge on any atom is 0.272 e. The van der Waals surface area contributed by atoms with E-state index in [0.717, 1.165) is 5.56 Å². The number of phenols is 1. The normalized spacial score (nSPS) is 14.2. The summed E-state index contributed by atoms with van der Waals surface area (Å²) in [6, 6.07) is 4.60. The molecule has 0 aromatic heterocycles. The van der Waals surface area contributed by atoms with Crippen molar-refractivity contribution in [3.8, 4) is 5.75 Å². The highest BCUT2D eigenvalue weighted by Gasteiger charge is 2.21. The topological polar surface area (TPSA) is 90.8 Å². The van der Waals surface area contributed by atoms with Crippen LogP contribution in [0.25, 0.3) is 0 Å². The molecule has 1 heterocycles. The van der Waals surface area contributed by atoms with Crippen molar-refractivity contribution in [2.75, 3.05) is 5.32 Å². The third-order valence-electron chi connectivity index (χ3n) is 2.36. The van der Waals surface area contributed by atoms with Crippen LogP contribution in [-0.4, -0.2) is 22.6 Å². The van der Waals surface area contributed by atoms with E-state index in [1.807, 2.05) is 0 Å². The van der Waals surface area contributed by atoms with Crippen LogP contribution in [-0.2, 0) is 9.59 Å². The number of phenolic OH excluding ortho intramolecular Hbond substituents is 1. The second-order valence-corrected chi connectivity index (χ2v) is 3.72. The van der Waals surface area contributed by atoms with Crippen LogP contribution in [0, 0.1) is 6.92 Å². The van der Waals surface area contributed by atoms with Gasteiger partial charge >= 0.3 is 0 Å². The maximum absolute atomic E-state index is 11.7. The van der Waals surface area contributed by atoms with Gasteiger partial charge in [-0.1, -0.05) is 0 Å². The highest BCUT2D eigenvalue weighted by atomic mass is 16.3. The van der Waals surface area contributed by atoms with Gasteiger partial charge < -0.3 is 10.4 Å². The molecule has 3 N–H and O–H groups in total. The third kappa shape index (κ3) is 2.41. The lowest BCUT2D eigenvalue weighted by Crippen LogP contribution is -2.22. The van der Waals surface area contributed by atoms with E-state index >= 15 is 0 Å². The highest BCUT2D eigenvalue weighted by Crippen LogP contribution is 2.20. The molecule has 0 bridgehead atoms. The van der Waals surface area contributed by atoms with Crippen molar-refractivity contribution in [2.45, 2.75) is 13.3 Å². The van der Waals surface area contributed by atoms with Crippen LogP contribution >= 0.6 is 0 Å². The fourth-order valence-corrected chi connectivity index (χ4v) is 1.47. The molecule has 0 saturated carbocycles. The van der Waals surface area contributed by atoms with Crippen LogP contribution < -0.4 is 10.7 Å². The lowest BCUT2D eigenvalue weighted by molar-refractivity contribution is -0.119. The van der Waals surface area contributed by atoms with Crippen LogP contribution in [0.1, 0.15) is 12.0 Å². The van der Waals surface area contributed by atoms with Crippen LogP contribution in [0.3, 0.4) is 0 Å². The third-order valence-corrected chi connectivity index (χ3v) is 2.36. The first-order valence-corrected chi connectivity index (χ1v) is 5.02. The number of hydrogen-bond donors (Lipinski definition) is 3. The molecule has 2 amide bonds. The Morgan fingerprint density at radius 1 is 1.53 bits per heavy atom. The molecule has 0 unspecified atom stereocenters. The Kier molecular flexibility index (Phi) is 2.78. The lowest BCUT2D eigenvalue weighted by Gasteiger charge is -2.07. The number of nitrogens with zero attached hydrogens (tertiary/aromatic N) is 1. The fraction of sp³-hybridized carbons (Fsp3) is 0.182. The van der Waals surface area contributed by atoms with Gasteiger partial charge in [0.15, 0.2) is 0 Å². The van der Waals surface area contributed by atoms with Crippen molar-refractivity contribution in [3.63, 3.8) is 0 Å². The predicted molar refractivity (Wildman–Crippen MR) is 61.7 cm³/mol. The number of aryl methyl sites for hydroxylation is 1. The first-order chi connectivity index (χ1) is 8.06. The van der Waals surface area contributed by atoms with Crippen LogP contribution in [0.15, 0.2) is 23.3 Å². The summed E-state index contributed by atoms with van der Waals surface area (Å²) in [6.45, 7) is 1.76. The van der Waals surface area contributed by atoms with Gasteiger partial charge in [-0.25, -0.2) is 5.43 Å². The minimum absolute atomic E-state index is 0.0109. The summed E-state index contributed by atoms with van der Waals surface area (Å²) in [4.78, 5) is 22.6. The Morgan fingerprint density at radius 2 is 2.29 bits per heavy atom. The minimum Gasteiger partial charge on any atom is -0.508 e. The van der Waals surface area contributed by atoms with Gasteiger partial charge in [-0.05, 0) is 30.7 Å². The number of hydrazone groups is 1. The van der Waals surface area contributed by atoms with Crippen molar-refractivity contribution in [1.29, 1.82) is 0 Å². The van der Waals surface area contributed by atoms with E-state index < -0.39 is 5.91 Å². The average Bonchev–Trinajstić information content (AvgIpc) is 2.69. The van der Waals surface area contributed by atoms with Crippen molar-refractivity contribution in [1.82, 2.24) is 5.43 Å². The summed E-state index contributed by atoms with van der Waals surface area (Å²) >= 11 is 0. The Morgan fingerprint density at radius 3 is 2.88 bits per heavy atom. The molecule has 17 heavy (non-hydrogen) atoms. The second-order valence-electron chi connectivity index (χ2n) is 3.72. The molecule has 0 radical (unpaired) electrons. The molecule has 1 aliphatic heterocycles. The van der Waals surface area contributed by atoms with E-state index in [2.05, 4.69) is 15.8 Å². The first-order valence-electron chi connectivity index (χ1n) is 5.02. The first kappa shape index (κ1) is 11.1. The fourth-order valence-electron chi connectivity index (χ4n) is 1.47. The van der Waals surface area contributed by atoms with E-state index in [1.54, 1.807) is 13.0 Å². The summed E-state index contributed by atoms with van der Waals surface area (Å²) in [5.74, 6) is -0.578. The number of anilines is 1. The number of amides is 2. The Hall–Kier alpha value is -2.37. The standard InChI is InChI=1S/C11H11N3O3/c1-6-4-7(15)2-3-8(6)12-11(17)9-5-10(16)14-13-9/h2-4,15H,5H2,1H3,(H,12,17)(H,14,16). The molecule has 1 aliphatic rings. The average molecular weight is 233 g/mol. The van der Waals surface area contributed by atoms with Gasteiger partial charge in [-0.2, -0.15) is 5.10 Å². The van der Waals surface area contributed by atoms with E-state index in [0.29, 0.717) is 5.69 Å². The molecule has 6 heteroatoms. The molecular weight excluding hydrogens is 222 g/mol. The zero-order valence-corrected chi connectivity index (χ0v) is 9.15. The van der Waals surface area contributed by atoms with E-state index in [1.165, 1.54) is 12.1 Å². The number of hydrogen-bond acceptors (Lipinski definition) is 4. The number of benzene rings is 1. The monoisotopic (exact) mass is 233 g/mol. The van der Waals surface area contributed by atoms with E-state index in [-0.39, 0.29) is 23.8 Å². The Balaban J connectivity index is 2.11. The largest absolute Gasteiger partial charge is 0.508 e. The quantitative estimate of drug-likeness (QED) is 0.650. The smallest absolute Gasteiger partial charge is 0.272 e. The molecule has 2 rings (SSSR count). The van der Waals surface area contributed by atoms with Crippen molar-refractivity contribution >= 4 is 23.2 Å². The number of aromatic hydroxyl groups is 1. The SMILES string of the molecule is Cc1cc(O)ccc1NC(=O)C1=NNC(=O)C1. The van der Waals surface area contributed by atoms with Crippen LogP contribution in [0.4, 0.5) is 5.69 Å². The molecular formula is C11H11N3O3. The second kappa shape index (κ2) is 4.25. The molecule has 0 fully saturated rings. The lowest BCUT2D eigenvalue weighted by atomic mass is 10.1. The summed E-state index contributed by atoms with van der Waals surface area (Å²) < 4.78 is 0. The molecule has 0 aliphatic carbocycles. The van der Waals surface area contributed by atoms with Gasteiger partial charge in [0, 0.05) is 5.69 Å². The number of carbonyl (C=O) groups is 2. The van der Waals surface area contributed by atoms with Gasteiger partial charge in [0.25, 0.3) is 5.91 Å².